The van der Waals surface area contributed by atoms with Gasteiger partial charge in [-0.3, -0.25) is 4.90 Å². The number of alkyl carbamates (subject to hydrolysis) is 1. The maximum Gasteiger partial charge on any atom is 0.407 e. The molecule has 4 aromatic rings. The zero-order chi connectivity index (χ0) is 41.4. The molecular weight excluding hydrogens is 733 g/mol. The van der Waals surface area contributed by atoms with Crippen LogP contribution in [0.15, 0.2) is 91.0 Å². The van der Waals surface area contributed by atoms with E-state index in [0.29, 0.717) is 73.1 Å². The number of nitrogens with one attached hydrogen (secondary N) is 1. The quantitative estimate of drug-likeness (QED) is 0.0359. The smallest absolute Gasteiger partial charge is 0.407 e. The van der Waals surface area contributed by atoms with Crippen LogP contribution in [0.2, 0.25) is 0 Å². The van der Waals surface area contributed by atoms with Gasteiger partial charge in [-0.25, -0.2) is 4.79 Å². The molecule has 0 radical (unpaired) electrons. The third-order valence-electron chi connectivity index (χ3n) is 10.2. The molecule has 316 valence electrons. The van der Waals surface area contributed by atoms with E-state index in [1.165, 1.54) is 11.1 Å². The summed E-state index contributed by atoms with van der Waals surface area (Å²) in [6.45, 7) is 7.04. The third-order valence-corrected chi connectivity index (χ3v) is 10.2. The first-order valence-electron chi connectivity index (χ1n) is 21.2. The summed E-state index contributed by atoms with van der Waals surface area (Å²) in [7, 11) is 0. The van der Waals surface area contributed by atoms with Crippen molar-refractivity contribution in [2.24, 2.45) is 0 Å². The summed E-state index contributed by atoms with van der Waals surface area (Å²) < 4.78 is 17.0. The molecule has 0 bridgehead atoms. The number of hydrogen-bond donors (Lipinski definition) is 5. The Hall–Kier alpha value is -4.45. The minimum Gasteiger partial charge on any atom is -0.493 e. The predicted molar refractivity (Wildman–Crippen MR) is 229 cm³/mol. The first kappa shape index (κ1) is 46.2. The van der Waals surface area contributed by atoms with Crippen LogP contribution < -0.4 is 14.8 Å². The van der Waals surface area contributed by atoms with Crippen molar-refractivity contribution in [3.8, 4) is 11.5 Å². The molecule has 10 nitrogen and oxygen atoms in total. The van der Waals surface area contributed by atoms with Crippen molar-refractivity contribution in [2.45, 2.75) is 110 Å². The van der Waals surface area contributed by atoms with Gasteiger partial charge in [0.05, 0.1) is 38.6 Å². The second-order valence-electron chi connectivity index (χ2n) is 15.0. The minimum absolute atomic E-state index is 0.192. The van der Waals surface area contributed by atoms with Gasteiger partial charge in [-0.05, 0) is 110 Å². The summed E-state index contributed by atoms with van der Waals surface area (Å²) in [5.41, 5.74) is 6.12. The van der Waals surface area contributed by atoms with E-state index in [1.807, 2.05) is 54.6 Å². The van der Waals surface area contributed by atoms with Crippen LogP contribution >= 0.6 is 0 Å². The Morgan fingerprint density at radius 1 is 0.638 bits per heavy atom. The number of nitrogens with zero attached hydrogens (tertiary/aromatic N) is 1. The third kappa shape index (κ3) is 16.4. The number of hydrogen-bond acceptors (Lipinski definition) is 9. The van der Waals surface area contributed by atoms with E-state index in [-0.39, 0.29) is 19.8 Å². The van der Waals surface area contributed by atoms with Crippen molar-refractivity contribution >= 4 is 6.09 Å². The Morgan fingerprint density at radius 2 is 1.16 bits per heavy atom. The monoisotopic (exact) mass is 798 g/mol. The lowest BCUT2D eigenvalue weighted by Gasteiger charge is -2.28. The van der Waals surface area contributed by atoms with E-state index in [4.69, 9.17) is 14.2 Å². The molecule has 0 saturated heterocycles. The summed E-state index contributed by atoms with van der Waals surface area (Å²) in [6.07, 6.45) is 7.24. The van der Waals surface area contributed by atoms with E-state index >= 15 is 0 Å². The summed E-state index contributed by atoms with van der Waals surface area (Å²) in [6, 6.07) is 29.3. The van der Waals surface area contributed by atoms with Gasteiger partial charge in [-0.2, -0.15) is 0 Å². The van der Waals surface area contributed by atoms with E-state index in [2.05, 4.69) is 48.3 Å². The lowest BCUT2D eigenvalue weighted by Crippen LogP contribution is -2.33. The molecule has 1 amide bonds. The number of carbonyl (C=O) groups excluding carboxylic acids is 1. The highest BCUT2D eigenvalue weighted by molar-refractivity contribution is 5.67. The second-order valence-corrected chi connectivity index (χ2v) is 15.0. The average molecular weight is 799 g/mol. The zero-order valence-electron chi connectivity index (χ0n) is 34.6. The molecule has 5 N–H and O–H groups in total. The number of ether oxygens (including phenoxy) is 3. The SMILES string of the molecule is CCCCOc1ccc([C@@H](O)CN(CCCCc2ccc(CCCCNC(=O)OCc3ccccc3)cc2)C[C@H](O)c2ccc(OCCCC)c(CO)c2)cc1CO. The molecule has 4 rings (SSSR count). The standard InChI is InChI=1S/C48H66N2O8/c1-3-5-28-56-46-24-22-40(30-42(46)34-51)44(53)32-50(33-45(54)41-23-25-47(43(31-41)35-52)57-29-6-4-2)27-13-11-15-38-20-18-37(19-21-38)14-10-12-26-49-48(55)58-36-39-16-8-7-9-17-39/h7-9,16-25,30-31,44-45,51-54H,3-6,10-15,26-29,32-36H2,1-2H3,(H,49,55)/t44-,45-/m0/s1. The molecular formula is C48H66N2O8. The zero-order valence-corrected chi connectivity index (χ0v) is 34.6. The molecule has 2 atom stereocenters. The number of aliphatic hydroxyl groups is 4. The number of benzene rings is 4. The van der Waals surface area contributed by atoms with E-state index in [9.17, 15) is 25.2 Å². The highest BCUT2D eigenvalue weighted by atomic mass is 16.5. The fourth-order valence-electron chi connectivity index (χ4n) is 6.71. The molecule has 0 saturated carbocycles. The fraction of sp³-hybridized carbons (Fsp3) is 0.479. The number of unbranched alkanes of at least 4 members (excludes halogenated alkanes) is 4. The molecule has 0 aliphatic heterocycles. The van der Waals surface area contributed by atoms with Crippen LogP contribution in [0.4, 0.5) is 4.79 Å². The van der Waals surface area contributed by atoms with Gasteiger partial charge in [0.25, 0.3) is 0 Å². The second kappa shape index (κ2) is 26.5. The number of carbonyl (C=O) groups is 1. The maximum atomic E-state index is 12.0. The van der Waals surface area contributed by atoms with E-state index < -0.39 is 18.3 Å². The summed E-state index contributed by atoms with van der Waals surface area (Å²) in [5, 5.41) is 45.8. The van der Waals surface area contributed by atoms with E-state index in [0.717, 1.165) is 69.8 Å². The molecule has 0 unspecified atom stereocenters. The first-order chi connectivity index (χ1) is 28.3. The van der Waals surface area contributed by atoms with Gasteiger partial charge in [0.2, 0.25) is 0 Å². The normalized spacial score (nSPS) is 12.3. The van der Waals surface area contributed by atoms with Crippen molar-refractivity contribution in [3.05, 3.63) is 130 Å². The van der Waals surface area contributed by atoms with Crippen LogP contribution in [0.3, 0.4) is 0 Å². The first-order valence-corrected chi connectivity index (χ1v) is 21.2. The van der Waals surface area contributed by atoms with Crippen molar-refractivity contribution in [1.29, 1.82) is 0 Å². The Morgan fingerprint density at radius 3 is 1.66 bits per heavy atom. The molecule has 0 heterocycles. The van der Waals surface area contributed by atoms with Crippen LogP contribution in [0, 0.1) is 0 Å². The maximum absolute atomic E-state index is 12.0. The molecule has 0 aliphatic carbocycles. The Bertz CT molecular complexity index is 1670. The predicted octanol–water partition coefficient (Wildman–Crippen LogP) is 8.37. The highest BCUT2D eigenvalue weighted by Gasteiger charge is 2.20. The fourth-order valence-corrected chi connectivity index (χ4v) is 6.71. The molecule has 4 aromatic carbocycles. The summed E-state index contributed by atoms with van der Waals surface area (Å²) >= 11 is 0. The Balaban J connectivity index is 1.28. The Kier molecular flexibility index (Phi) is 21.2. The van der Waals surface area contributed by atoms with Gasteiger partial charge in [0.1, 0.15) is 18.1 Å². The van der Waals surface area contributed by atoms with E-state index in [1.54, 1.807) is 12.1 Å². The molecule has 10 heteroatoms. The highest BCUT2D eigenvalue weighted by Crippen LogP contribution is 2.28. The number of amides is 1. The van der Waals surface area contributed by atoms with Crippen LogP contribution in [-0.4, -0.2) is 70.8 Å². The van der Waals surface area contributed by atoms with Gasteiger partial charge in [0, 0.05) is 30.8 Å². The van der Waals surface area contributed by atoms with Crippen LogP contribution in [0.25, 0.3) is 0 Å². The van der Waals surface area contributed by atoms with Crippen molar-refractivity contribution < 1.29 is 39.4 Å². The number of aliphatic hydroxyl groups excluding tert-OH is 4. The van der Waals surface area contributed by atoms with Gasteiger partial charge >= 0.3 is 6.09 Å². The summed E-state index contributed by atoms with van der Waals surface area (Å²) in [4.78, 5) is 14.1. The van der Waals surface area contributed by atoms with Crippen LogP contribution in [0.5, 0.6) is 11.5 Å². The van der Waals surface area contributed by atoms with Crippen molar-refractivity contribution in [2.75, 3.05) is 39.4 Å². The topological polar surface area (TPSA) is 141 Å². The van der Waals surface area contributed by atoms with Gasteiger partial charge in [-0.15, -0.1) is 0 Å². The number of aryl methyl sites for hydroxylation is 2. The molecule has 58 heavy (non-hydrogen) atoms. The summed E-state index contributed by atoms with van der Waals surface area (Å²) in [5.74, 6) is 1.25. The lowest BCUT2D eigenvalue weighted by molar-refractivity contribution is 0.0677. The molecule has 0 aromatic heterocycles. The molecule has 0 fully saturated rings. The molecule has 0 aliphatic rings. The Labute approximate surface area is 345 Å². The van der Waals surface area contributed by atoms with Crippen molar-refractivity contribution in [1.82, 2.24) is 10.2 Å². The van der Waals surface area contributed by atoms with Crippen molar-refractivity contribution in [3.63, 3.8) is 0 Å². The van der Waals surface area contributed by atoms with Gasteiger partial charge < -0.3 is 40.0 Å². The minimum atomic E-state index is -0.846. The van der Waals surface area contributed by atoms with Crippen LogP contribution in [0.1, 0.15) is 116 Å². The van der Waals surface area contributed by atoms with Crippen LogP contribution in [-0.2, 0) is 37.4 Å². The van der Waals surface area contributed by atoms with Gasteiger partial charge in [-0.1, -0.05) is 93.4 Å². The van der Waals surface area contributed by atoms with Gasteiger partial charge in [0.15, 0.2) is 0 Å². The molecule has 0 spiro atoms. The average Bonchev–Trinajstić information content (AvgIpc) is 3.25. The lowest BCUT2D eigenvalue weighted by atomic mass is 10.0. The largest absolute Gasteiger partial charge is 0.493 e. The number of rotatable bonds is 28.